The van der Waals surface area contributed by atoms with Gasteiger partial charge in [0.2, 0.25) is 0 Å². The lowest BCUT2D eigenvalue weighted by Crippen LogP contribution is -1.91. The van der Waals surface area contributed by atoms with Crippen LogP contribution in [0.3, 0.4) is 0 Å². The molecular weight excluding hydrogens is 528 g/mol. The maximum absolute atomic E-state index is 2.51. The summed E-state index contributed by atoms with van der Waals surface area (Å²) in [5.74, 6) is 0. The summed E-state index contributed by atoms with van der Waals surface area (Å²) in [6.45, 7) is 4.52. The Morgan fingerprint density at radius 2 is 0.955 bits per heavy atom. The SMILES string of the molecule is Cc1cc2c3c(cc(C)c(-c4ccccc4)c3c1)-c1cc3c(cc1-2)c(-c1ccccc1)c1ccc2cccc4ccc3c1c24. The van der Waals surface area contributed by atoms with Gasteiger partial charge in [0, 0.05) is 0 Å². The molecule has 1 aliphatic rings. The monoisotopic (exact) mass is 556 g/mol. The smallest absolute Gasteiger partial charge is 0.00141 e. The predicted molar refractivity (Wildman–Crippen MR) is 190 cm³/mol. The van der Waals surface area contributed by atoms with Crippen molar-refractivity contribution < 1.29 is 0 Å². The number of hydrogen-bond donors (Lipinski definition) is 0. The lowest BCUT2D eigenvalue weighted by atomic mass is 9.84. The Hall–Kier alpha value is -5.46. The first-order valence-corrected chi connectivity index (χ1v) is 15.5. The third-order valence-electron chi connectivity index (χ3n) is 10.0. The zero-order chi connectivity index (χ0) is 29.1. The van der Waals surface area contributed by atoms with Crippen LogP contribution in [0.4, 0.5) is 0 Å². The Morgan fingerprint density at radius 3 is 1.66 bits per heavy atom. The predicted octanol–water partition coefficient (Wildman–Crippen LogP) is 12.5. The summed E-state index contributed by atoms with van der Waals surface area (Å²) in [7, 11) is 0. The first kappa shape index (κ1) is 24.0. The van der Waals surface area contributed by atoms with Crippen molar-refractivity contribution in [1.82, 2.24) is 0 Å². The summed E-state index contributed by atoms with van der Waals surface area (Å²) >= 11 is 0. The highest BCUT2D eigenvalue weighted by molar-refractivity contribution is 6.34. The molecular formula is C44H28. The van der Waals surface area contributed by atoms with Crippen LogP contribution in [0.15, 0.2) is 133 Å². The maximum atomic E-state index is 2.51. The van der Waals surface area contributed by atoms with Crippen LogP contribution in [0.5, 0.6) is 0 Å². The molecule has 9 aromatic rings. The molecule has 0 aromatic heterocycles. The molecule has 204 valence electrons. The number of aryl methyl sites for hydroxylation is 2. The van der Waals surface area contributed by atoms with Gasteiger partial charge in [-0.3, -0.25) is 0 Å². The highest BCUT2D eigenvalue weighted by Crippen LogP contribution is 2.54. The van der Waals surface area contributed by atoms with Gasteiger partial charge in [0.05, 0.1) is 0 Å². The van der Waals surface area contributed by atoms with Crippen LogP contribution in [0.1, 0.15) is 11.1 Å². The number of rotatable bonds is 2. The molecule has 0 nitrogen and oxygen atoms in total. The van der Waals surface area contributed by atoms with Crippen molar-refractivity contribution in [2.45, 2.75) is 13.8 Å². The number of hydrogen-bond acceptors (Lipinski definition) is 0. The van der Waals surface area contributed by atoms with E-state index in [1.165, 1.54) is 109 Å². The number of fused-ring (bicyclic) bond motifs is 5. The minimum Gasteiger partial charge on any atom is -0.0622 e. The molecule has 0 unspecified atom stereocenters. The van der Waals surface area contributed by atoms with Crippen molar-refractivity contribution in [3.63, 3.8) is 0 Å². The fourth-order valence-electron chi connectivity index (χ4n) is 8.31. The molecule has 0 bridgehead atoms. The van der Waals surface area contributed by atoms with Crippen LogP contribution in [-0.4, -0.2) is 0 Å². The van der Waals surface area contributed by atoms with Gasteiger partial charge in [0.25, 0.3) is 0 Å². The largest absolute Gasteiger partial charge is 0.0622 e. The molecule has 0 spiro atoms. The van der Waals surface area contributed by atoms with E-state index in [9.17, 15) is 0 Å². The molecule has 0 fully saturated rings. The fourth-order valence-corrected chi connectivity index (χ4v) is 8.31. The summed E-state index contributed by atoms with van der Waals surface area (Å²) in [4.78, 5) is 0. The van der Waals surface area contributed by atoms with Crippen LogP contribution < -0.4 is 0 Å². The lowest BCUT2D eigenvalue weighted by Gasteiger charge is -2.19. The minimum absolute atomic E-state index is 1.27. The Balaban J connectivity index is 1.40. The van der Waals surface area contributed by atoms with E-state index < -0.39 is 0 Å². The zero-order valence-corrected chi connectivity index (χ0v) is 24.7. The molecule has 0 radical (unpaired) electrons. The van der Waals surface area contributed by atoms with Crippen molar-refractivity contribution in [3.05, 3.63) is 145 Å². The van der Waals surface area contributed by atoms with Gasteiger partial charge >= 0.3 is 0 Å². The molecule has 1 aliphatic carbocycles. The van der Waals surface area contributed by atoms with Crippen LogP contribution in [0.2, 0.25) is 0 Å². The highest BCUT2D eigenvalue weighted by atomic mass is 14.3. The van der Waals surface area contributed by atoms with Crippen molar-refractivity contribution >= 4 is 53.9 Å². The Morgan fingerprint density at radius 1 is 0.341 bits per heavy atom. The summed E-state index contributed by atoms with van der Waals surface area (Å²) in [5.41, 5.74) is 13.2. The second kappa shape index (κ2) is 8.56. The van der Waals surface area contributed by atoms with Gasteiger partial charge in [-0.05, 0) is 135 Å². The quantitative estimate of drug-likeness (QED) is 0.147. The highest BCUT2D eigenvalue weighted by Gasteiger charge is 2.27. The van der Waals surface area contributed by atoms with Crippen molar-refractivity contribution in [2.75, 3.05) is 0 Å². The Bertz CT molecular complexity index is 2620. The molecule has 0 heterocycles. The summed E-state index contributed by atoms with van der Waals surface area (Å²) in [5, 5.41) is 13.4. The first-order valence-electron chi connectivity index (χ1n) is 15.5. The van der Waals surface area contributed by atoms with E-state index in [2.05, 4.69) is 147 Å². The third kappa shape index (κ3) is 3.07. The second-order valence-corrected chi connectivity index (χ2v) is 12.6. The van der Waals surface area contributed by atoms with Crippen LogP contribution in [0.25, 0.3) is 98.4 Å². The zero-order valence-electron chi connectivity index (χ0n) is 24.7. The maximum Gasteiger partial charge on any atom is -0.00141 e. The molecule has 10 rings (SSSR count). The molecule has 0 saturated heterocycles. The third-order valence-corrected chi connectivity index (χ3v) is 10.0. The minimum atomic E-state index is 1.27. The van der Waals surface area contributed by atoms with Gasteiger partial charge in [-0.15, -0.1) is 0 Å². The molecule has 0 atom stereocenters. The molecule has 44 heavy (non-hydrogen) atoms. The van der Waals surface area contributed by atoms with E-state index in [0.29, 0.717) is 0 Å². The fraction of sp³-hybridized carbons (Fsp3) is 0.0455. The second-order valence-electron chi connectivity index (χ2n) is 12.6. The molecule has 0 amide bonds. The van der Waals surface area contributed by atoms with Gasteiger partial charge in [-0.25, -0.2) is 0 Å². The summed E-state index contributed by atoms with van der Waals surface area (Å²) in [6, 6.07) is 50.2. The van der Waals surface area contributed by atoms with Crippen LogP contribution in [0, 0.1) is 13.8 Å². The van der Waals surface area contributed by atoms with E-state index in [-0.39, 0.29) is 0 Å². The number of benzene rings is 9. The van der Waals surface area contributed by atoms with Gasteiger partial charge in [-0.1, -0.05) is 121 Å². The molecule has 9 aromatic carbocycles. The van der Waals surface area contributed by atoms with E-state index in [1.54, 1.807) is 0 Å². The van der Waals surface area contributed by atoms with Crippen LogP contribution >= 0.6 is 0 Å². The van der Waals surface area contributed by atoms with E-state index >= 15 is 0 Å². The Labute approximate surface area is 256 Å². The summed E-state index contributed by atoms with van der Waals surface area (Å²) < 4.78 is 0. The Kier molecular flexibility index (Phi) is 4.67. The topological polar surface area (TPSA) is 0 Å². The molecule has 0 saturated carbocycles. The standard InChI is InChI=1S/C44H28/c1-25-20-36-35-24-38-33(23-34(35)37-22-26(2)40(39(21-25)43(36)37)27-10-5-3-6-11-27)31-18-16-29-14-9-15-30-17-19-32(44(31)41(29)30)42(38)28-12-7-4-8-13-28/h3-24H,1-2H3. The molecule has 0 aliphatic heterocycles. The van der Waals surface area contributed by atoms with Gasteiger partial charge in [-0.2, -0.15) is 0 Å². The molecule has 0 heteroatoms. The van der Waals surface area contributed by atoms with Crippen molar-refractivity contribution in [3.8, 4) is 44.5 Å². The normalized spacial score (nSPS) is 12.3. The van der Waals surface area contributed by atoms with Crippen molar-refractivity contribution in [2.24, 2.45) is 0 Å². The van der Waals surface area contributed by atoms with E-state index in [0.717, 1.165) is 0 Å². The van der Waals surface area contributed by atoms with E-state index in [1.807, 2.05) is 0 Å². The molecule has 0 N–H and O–H groups in total. The van der Waals surface area contributed by atoms with Crippen molar-refractivity contribution in [1.29, 1.82) is 0 Å². The first-order chi connectivity index (χ1) is 21.7. The average molecular weight is 557 g/mol. The van der Waals surface area contributed by atoms with Crippen LogP contribution in [-0.2, 0) is 0 Å². The summed E-state index contributed by atoms with van der Waals surface area (Å²) in [6.07, 6.45) is 0. The van der Waals surface area contributed by atoms with Gasteiger partial charge in [0.1, 0.15) is 0 Å². The van der Waals surface area contributed by atoms with E-state index in [4.69, 9.17) is 0 Å². The average Bonchev–Trinajstić information content (AvgIpc) is 3.35. The lowest BCUT2D eigenvalue weighted by molar-refractivity contribution is 1.47. The van der Waals surface area contributed by atoms with Gasteiger partial charge in [0.15, 0.2) is 0 Å². The van der Waals surface area contributed by atoms with Gasteiger partial charge < -0.3 is 0 Å².